The number of unbranched alkanes of at least 4 members (excludes halogenated alkanes) is 14. The molecule has 2 aliphatic rings. The lowest BCUT2D eigenvalue weighted by molar-refractivity contribution is -0.312. The first-order valence-corrected chi connectivity index (χ1v) is 20.3. The Kier molecular flexibility index (Phi) is 21.7. The van der Waals surface area contributed by atoms with Crippen molar-refractivity contribution >= 4 is 0 Å². The maximum atomic E-state index is 10.3. The van der Waals surface area contributed by atoms with Gasteiger partial charge in [0.05, 0.1) is 18.8 Å². The summed E-state index contributed by atoms with van der Waals surface area (Å²) in [6, 6.07) is 3.42. The molecule has 1 aromatic rings. The van der Waals surface area contributed by atoms with Crippen LogP contribution < -0.4 is 11.1 Å². The first kappa shape index (κ1) is 44.6. The molecule has 9 N–H and O–H groups in total. The Morgan fingerprint density at radius 3 is 2.06 bits per heavy atom. The Morgan fingerprint density at radius 1 is 0.827 bits per heavy atom. The number of nitrogens with one attached hydrogen (secondary N) is 1. The van der Waals surface area contributed by atoms with E-state index in [4.69, 9.17) is 19.9 Å². The van der Waals surface area contributed by atoms with E-state index in [1.807, 2.05) is 6.92 Å². The number of allylic oxidation sites excluding steroid dienone is 1. The molecular weight excluding hydrogens is 664 g/mol. The monoisotopic (exact) mass is 737 g/mol. The summed E-state index contributed by atoms with van der Waals surface area (Å²) in [4.78, 5) is 0. The number of ether oxygens (including phenoxy) is 3. The minimum atomic E-state index is -1.45. The summed E-state index contributed by atoms with van der Waals surface area (Å²) < 4.78 is 17.1. The number of hydrogen-bond donors (Lipinski definition) is 8. The smallest absolute Gasteiger partial charge is 0.187 e. The molecule has 1 saturated heterocycles. The number of hydrogen-bond acceptors (Lipinski definition) is 11. The van der Waals surface area contributed by atoms with Gasteiger partial charge in [-0.2, -0.15) is 0 Å². The van der Waals surface area contributed by atoms with Crippen molar-refractivity contribution in [1.82, 2.24) is 5.32 Å². The first-order chi connectivity index (χ1) is 25.2. The Morgan fingerprint density at radius 2 is 1.42 bits per heavy atom. The van der Waals surface area contributed by atoms with Gasteiger partial charge in [-0.05, 0) is 75.3 Å². The van der Waals surface area contributed by atoms with Gasteiger partial charge in [-0.1, -0.05) is 102 Å². The van der Waals surface area contributed by atoms with Gasteiger partial charge in [-0.25, -0.2) is 0 Å². The molecule has 11 heteroatoms. The molecule has 0 amide bonds. The highest BCUT2D eigenvalue weighted by atomic mass is 16.7. The fourth-order valence-electron chi connectivity index (χ4n) is 7.52. The zero-order valence-corrected chi connectivity index (χ0v) is 32.0. The lowest BCUT2D eigenvalue weighted by atomic mass is 9.90. The van der Waals surface area contributed by atoms with Crippen LogP contribution in [0.3, 0.4) is 0 Å². The topological polar surface area (TPSA) is 187 Å². The molecule has 2 heterocycles. The van der Waals surface area contributed by atoms with E-state index in [-0.39, 0.29) is 35.8 Å². The number of phenolic OH excluding ortho intramolecular Hbond substituents is 2. The standard InChI is InChI=1S/C41H72N2O9/c1-29(42)36(51-41-40(49)39(48)38(47)37(28-44)52-41)23-19-15-10-8-6-4-3-5-7-9-12-16-20-31(50-2)21-17-13-11-14-18-22-33-32-27-35(46)34(45)26-30(32)24-25-43-33/h16,20,26-27,29,31,33,36-41,43-49H,3-15,17-19,21-25,28,42H2,1-2H3/t29-,31-,33+,36-,37-,38+,39+,40-,41-/m1/s1. The van der Waals surface area contributed by atoms with E-state index in [1.54, 1.807) is 19.2 Å². The molecule has 1 fully saturated rings. The van der Waals surface area contributed by atoms with Gasteiger partial charge >= 0.3 is 0 Å². The normalized spacial score (nSPS) is 25.3. The highest BCUT2D eigenvalue weighted by Gasteiger charge is 2.45. The summed E-state index contributed by atoms with van der Waals surface area (Å²) >= 11 is 0. The summed E-state index contributed by atoms with van der Waals surface area (Å²) in [5, 5.41) is 63.0. The fraction of sp³-hybridized carbons (Fsp3) is 0.805. The van der Waals surface area contributed by atoms with E-state index >= 15 is 0 Å². The van der Waals surface area contributed by atoms with Crippen LogP contribution in [0.25, 0.3) is 0 Å². The number of benzene rings is 1. The Bertz CT molecular complexity index is 1120. The van der Waals surface area contributed by atoms with Crippen molar-refractivity contribution in [2.45, 2.75) is 190 Å². The lowest BCUT2D eigenvalue weighted by Gasteiger charge is -2.41. The molecule has 2 aliphatic heterocycles. The second-order valence-corrected chi connectivity index (χ2v) is 15.2. The number of phenols is 2. The predicted molar refractivity (Wildman–Crippen MR) is 204 cm³/mol. The van der Waals surface area contributed by atoms with Crippen LogP contribution in [0.5, 0.6) is 11.5 Å². The summed E-state index contributed by atoms with van der Waals surface area (Å²) in [5.41, 5.74) is 8.40. The van der Waals surface area contributed by atoms with Crippen LogP contribution in [-0.2, 0) is 20.6 Å². The maximum Gasteiger partial charge on any atom is 0.187 e. The van der Waals surface area contributed by atoms with Gasteiger partial charge < -0.3 is 55.9 Å². The van der Waals surface area contributed by atoms with Gasteiger partial charge in [-0.3, -0.25) is 0 Å². The van der Waals surface area contributed by atoms with Crippen LogP contribution in [-0.4, -0.2) is 99.9 Å². The third-order valence-electron chi connectivity index (χ3n) is 10.9. The van der Waals surface area contributed by atoms with E-state index in [2.05, 4.69) is 17.5 Å². The maximum absolute atomic E-state index is 10.3. The molecule has 3 rings (SSSR count). The number of rotatable bonds is 27. The lowest BCUT2D eigenvalue weighted by Crippen LogP contribution is -2.60. The molecule has 11 nitrogen and oxygen atoms in total. The van der Waals surface area contributed by atoms with Crippen LogP contribution in [0.4, 0.5) is 0 Å². The van der Waals surface area contributed by atoms with Crippen LogP contribution >= 0.6 is 0 Å². The van der Waals surface area contributed by atoms with Crippen molar-refractivity contribution < 1.29 is 44.8 Å². The molecule has 0 radical (unpaired) electrons. The first-order valence-electron chi connectivity index (χ1n) is 20.3. The second-order valence-electron chi connectivity index (χ2n) is 15.2. The molecule has 0 aliphatic carbocycles. The number of aliphatic hydroxyl groups excluding tert-OH is 4. The number of aromatic hydroxyl groups is 2. The van der Waals surface area contributed by atoms with Crippen LogP contribution in [0.15, 0.2) is 24.3 Å². The molecule has 300 valence electrons. The van der Waals surface area contributed by atoms with Gasteiger partial charge in [0.25, 0.3) is 0 Å². The fourth-order valence-corrected chi connectivity index (χ4v) is 7.52. The third-order valence-corrected chi connectivity index (χ3v) is 10.9. The minimum absolute atomic E-state index is 0.0218. The number of methoxy groups -OCH3 is 1. The summed E-state index contributed by atoms with van der Waals surface area (Å²) in [6.45, 7) is 2.27. The van der Waals surface area contributed by atoms with Crippen molar-refractivity contribution in [3.8, 4) is 11.5 Å². The average molecular weight is 737 g/mol. The van der Waals surface area contributed by atoms with E-state index in [1.165, 1.54) is 70.6 Å². The summed E-state index contributed by atoms with van der Waals surface area (Å²) in [7, 11) is 1.81. The van der Waals surface area contributed by atoms with E-state index < -0.39 is 37.3 Å². The quantitative estimate of drug-likeness (QED) is 0.0310. The SMILES string of the molecule is CO[C@H](C=CCCCCCCCCCCCC[C@@H](O[C@@H]1O[C@H](CO)[C@H](O)[C@H](O)[C@H]1O)[C@@H](C)N)CCCCCCC[C@@H]1NCCc2cc(O)c(O)cc21. The van der Waals surface area contributed by atoms with Gasteiger partial charge in [0.2, 0.25) is 0 Å². The van der Waals surface area contributed by atoms with Crippen molar-refractivity contribution in [3.05, 3.63) is 35.4 Å². The highest BCUT2D eigenvalue weighted by molar-refractivity contribution is 5.47. The zero-order chi connectivity index (χ0) is 37.7. The molecule has 0 bridgehead atoms. The van der Waals surface area contributed by atoms with E-state index in [0.717, 1.165) is 69.0 Å². The Balaban J connectivity index is 1.12. The summed E-state index contributed by atoms with van der Waals surface area (Å²) in [5.74, 6) is -0.0493. The van der Waals surface area contributed by atoms with Crippen molar-refractivity contribution in [2.24, 2.45) is 5.73 Å². The van der Waals surface area contributed by atoms with Gasteiger partial charge in [0.15, 0.2) is 17.8 Å². The van der Waals surface area contributed by atoms with Crippen LogP contribution in [0, 0.1) is 0 Å². The van der Waals surface area contributed by atoms with Crippen LogP contribution in [0.2, 0.25) is 0 Å². The summed E-state index contributed by atoms with van der Waals surface area (Å²) in [6.07, 6.45) is 20.7. The molecule has 0 saturated carbocycles. The largest absolute Gasteiger partial charge is 0.504 e. The van der Waals surface area contributed by atoms with Crippen molar-refractivity contribution in [2.75, 3.05) is 20.3 Å². The van der Waals surface area contributed by atoms with Gasteiger partial charge in [0.1, 0.15) is 24.4 Å². The average Bonchev–Trinajstić information content (AvgIpc) is 3.13. The zero-order valence-electron chi connectivity index (χ0n) is 32.0. The minimum Gasteiger partial charge on any atom is -0.504 e. The van der Waals surface area contributed by atoms with E-state index in [9.17, 15) is 30.6 Å². The molecule has 52 heavy (non-hydrogen) atoms. The molecular formula is C41H72N2O9. The Hall–Kier alpha value is -1.80. The second kappa shape index (κ2) is 25.3. The Labute approximate surface area is 312 Å². The van der Waals surface area contributed by atoms with Gasteiger partial charge in [-0.15, -0.1) is 0 Å². The molecule has 0 unspecified atom stereocenters. The molecule has 1 aromatic carbocycles. The predicted octanol–water partition coefficient (Wildman–Crippen LogP) is 5.80. The number of fused-ring (bicyclic) bond motifs is 1. The molecule has 9 atom stereocenters. The molecule has 0 aromatic heterocycles. The highest BCUT2D eigenvalue weighted by Crippen LogP contribution is 2.35. The third kappa shape index (κ3) is 15.5. The van der Waals surface area contributed by atoms with Crippen LogP contribution in [0.1, 0.15) is 146 Å². The number of nitrogens with two attached hydrogens (primary N) is 1. The number of aliphatic hydroxyl groups is 4. The van der Waals surface area contributed by atoms with Gasteiger partial charge in [0, 0.05) is 19.2 Å². The van der Waals surface area contributed by atoms with Crippen molar-refractivity contribution in [1.29, 1.82) is 0 Å². The van der Waals surface area contributed by atoms with Crippen molar-refractivity contribution in [3.63, 3.8) is 0 Å². The molecule has 0 spiro atoms. The van der Waals surface area contributed by atoms with E-state index in [0.29, 0.717) is 6.42 Å².